The third kappa shape index (κ3) is 4.90. The van der Waals surface area contributed by atoms with Crippen LogP contribution < -0.4 is 9.47 Å². The first-order chi connectivity index (χ1) is 12.8. The van der Waals surface area contributed by atoms with Gasteiger partial charge in [-0.1, -0.05) is 42.1 Å². The van der Waals surface area contributed by atoms with E-state index in [9.17, 15) is 0 Å². The number of rotatable bonds is 7. The van der Waals surface area contributed by atoms with Crippen LogP contribution in [0.15, 0.2) is 88.8 Å². The molecule has 0 saturated carbocycles. The Bertz CT molecular complexity index is 830. The quantitative estimate of drug-likeness (QED) is 0.403. The van der Waals surface area contributed by atoms with E-state index in [-0.39, 0.29) is 5.37 Å². The fraction of sp³-hybridized carbons (Fsp3) is 0.136. The van der Waals surface area contributed by atoms with Crippen molar-refractivity contribution in [2.24, 2.45) is 4.99 Å². The minimum atomic E-state index is -0.0367. The molecule has 0 saturated heterocycles. The van der Waals surface area contributed by atoms with Crippen LogP contribution in [0.3, 0.4) is 0 Å². The molecule has 0 aromatic heterocycles. The van der Waals surface area contributed by atoms with Gasteiger partial charge in [0, 0.05) is 11.1 Å². The van der Waals surface area contributed by atoms with E-state index in [2.05, 4.69) is 24.3 Å². The van der Waals surface area contributed by atoms with Gasteiger partial charge in [0.25, 0.3) is 0 Å². The summed E-state index contributed by atoms with van der Waals surface area (Å²) in [5.74, 6) is 1.68. The molecule has 3 nitrogen and oxygen atoms in total. The van der Waals surface area contributed by atoms with E-state index < -0.39 is 0 Å². The Morgan fingerprint density at radius 1 is 0.769 bits per heavy atom. The van der Waals surface area contributed by atoms with Crippen LogP contribution in [0.25, 0.3) is 0 Å². The lowest BCUT2D eigenvalue weighted by molar-refractivity contribution is 0.414. The molecule has 0 heterocycles. The smallest absolute Gasteiger partial charge is 0.125 e. The predicted octanol–water partition coefficient (Wildman–Crippen LogP) is 5.61. The van der Waals surface area contributed by atoms with E-state index in [0.29, 0.717) is 0 Å². The van der Waals surface area contributed by atoms with Crippen molar-refractivity contribution in [1.82, 2.24) is 0 Å². The van der Waals surface area contributed by atoms with Crippen molar-refractivity contribution in [3.63, 3.8) is 0 Å². The van der Waals surface area contributed by atoms with E-state index in [1.54, 1.807) is 26.0 Å². The first-order valence-corrected chi connectivity index (χ1v) is 9.19. The van der Waals surface area contributed by atoms with Crippen LogP contribution in [0.4, 0.5) is 0 Å². The van der Waals surface area contributed by atoms with Gasteiger partial charge in [-0.25, -0.2) is 0 Å². The molecule has 0 aliphatic carbocycles. The number of hydrogen-bond donors (Lipinski definition) is 0. The molecule has 0 amide bonds. The molecule has 3 rings (SSSR count). The highest BCUT2D eigenvalue weighted by Crippen LogP contribution is 2.36. The lowest BCUT2D eigenvalue weighted by Crippen LogP contribution is -1.93. The average Bonchev–Trinajstić information content (AvgIpc) is 2.72. The zero-order chi connectivity index (χ0) is 18.2. The molecule has 3 aromatic carbocycles. The second-order valence-corrected chi connectivity index (χ2v) is 6.76. The van der Waals surface area contributed by atoms with Crippen molar-refractivity contribution in [3.8, 4) is 11.5 Å². The van der Waals surface area contributed by atoms with Crippen molar-refractivity contribution in [1.29, 1.82) is 0 Å². The Balaban J connectivity index is 1.84. The third-order valence-electron chi connectivity index (χ3n) is 3.87. The molecule has 0 N–H and O–H groups in total. The topological polar surface area (TPSA) is 30.8 Å². The van der Waals surface area contributed by atoms with Crippen LogP contribution in [-0.2, 0) is 0 Å². The summed E-state index contributed by atoms with van der Waals surface area (Å²) in [6, 6.07) is 26.2. The van der Waals surface area contributed by atoms with Crippen molar-refractivity contribution >= 4 is 18.0 Å². The van der Waals surface area contributed by atoms with E-state index in [0.717, 1.165) is 22.6 Å². The Labute approximate surface area is 158 Å². The van der Waals surface area contributed by atoms with Gasteiger partial charge in [0.1, 0.15) is 16.9 Å². The largest absolute Gasteiger partial charge is 0.497 e. The number of methoxy groups -OCH3 is 2. The predicted molar refractivity (Wildman–Crippen MR) is 109 cm³/mol. The number of ether oxygens (including phenoxy) is 2. The molecule has 3 aromatic rings. The highest BCUT2D eigenvalue weighted by atomic mass is 32.2. The van der Waals surface area contributed by atoms with Crippen LogP contribution in [-0.4, -0.2) is 20.4 Å². The van der Waals surface area contributed by atoms with Crippen molar-refractivity contribution < 1.29 is 9.47 Å². The Hall–Kier alpha value is -2.72. The van der Waals surface area contributed by atoms with Crippen LogP contribution in [0, 0.1) is 0 Å². The van der Waals surface area contributed by atoms with E-state index in [1.165, 1.54) is 4.90 Å². The van der Waals surface area contributed by atoms with Gasteiger partial charge >= 0.3 is 0 Å². The molecule has 0 fully saturated rings. The van der Waals surface area contributed by atoms with Gasteiger partial charge in [0.2, 0.25) is 0 Å². The standard InChI is InChI=1S/C22H21NO2S/c1-24-19-12-8-17(9-13-19)16-23-22(26-21-6-4-3-5-7-21)18-10-14-20(25-2)15-11-18/h3-16,22H,1-2H3/b23-16+. The zero-order valence-electron chi connectivity index (χ0n) is 14.8. The summed E-state index contributed by atoms with van der Waals surface area (Å²) in [7, 11) is 3.34. The van der Waals surface area contributed by atoms with Crippen molar-refractivity contribution in [3.05, 3.63) is 90.0 Å². The van der Waals surface area contributed by atoms with Crippen molar-refractivity contribution in [2.45, 2.75) is 10.3 Å². The van der Waals surface area contributed by atoms with E-state index in [4.69, 9.17) is 14.5 Å². The van der Waals surface area contributed by atoms with E-state index >= 15 is 0 Å². The summed E-state index contributed by atoms with van der Waals surface area (Å²) in [5, 5.41) is -0.0367. The van der Waals surface area contributed by atoms with E-state index in [1.807, 2.05) is 60.8 Å². The van der Waals surface area contributed by atoms with Gasteiger partial charge in [-0.2, -0.15) is 0 Å². The fourth-order valence-electron chi connectivity index (χ4n) is 2.42. The van der Waals surface area contributed by atoms with Gasteiger partial charge < -0.3 is 9.47 Å². The van der Waals surface area contributed by atoms with Gasteiger partial charge in [-0.05, 0) is 59.7 Å². The molecule has 4 heteroatoms. The fourth-order valence-corrected chi connectivity index (χ4v) is 3.41. The first-order valence-electron chi connectivity index (χ1n) is 8.31. The first kappa shape index (κ1) is 18.1. The van der Waals surface area contributed by atoms with Gasteiger partial charge in [-0.15, -0.1) is 0 Å². The normalized spacial score (nSPS) is 12.1. The average molecular weight is 363 g/mol. The van der Waals surface area contributed by atoms with Crippen LogP contribution >= 0.6 is 11.8 Å². The number of thioether (sulfide) groups is 1. The lowest BCUT2D eigenvalue weighted by atomic mass is 10.2. The third-order valence-corrected chi connectivity index (χ3v) is 5.03. The summed E-state index contributed by atoms with van der Waals surface area (Å²) >= 11 is 1.72. The maximum absolute atomic E-state index is 5.26. The van der Waals surface area contributed by atoms with Gasteiger partial charge in [-0.3, -0.25) is 4.99 Å². The van der Waals surface area contributed by atoms with Crippen LogP contribution in [0.2, 0.25) is 0 Å². The second-order valence-electron chi connectivity index (χ2n) is 5.61. The zero-order valence-corrected chi connectivity index (χ0v) is 15.6. The summed E-state index contributed by atoms with van der Waals surface area (Å²) in [4.78, 5) is 6.01. The highest BCUT2D eigenvalue weighted by Gasteiger charge is 2.11. The molecule has 1 atom stereocenters. The highest BCUT2D eigenvalue weighted by molar-refractivity contribution is 7.99. The maximum atomic E-state index is 5.26. The summed E-state index contributed by atoms with van der Waals surface area (Å²) in [5.41, 5.74) is 2.17. The maximum Gasteiger partial charge on any atom is 0.125 e. The minimum Gasteiger partial charge on any atom is -0.497 e. The molecule has 0 radical (unpaired) electrons. The SMILES string of the molecule is COc1ccc(/C=N/C(Sc2ccccc2)c2ccc(OC)cc2)cc1. The molecule has 0 bridgehead atoms. The number of hydrogen-bond acceptors (Lipinski definition) is 4. The molecule has 0 spiro atoms. The number of aliphatic imine (C=N–C) groups is 1. The monoisotopic (exact) mass is 363 g/mol. The van der Waals surface area contributed by atoms with Crippen molar-refractivity contribution in [2.75, 3.05) is 14.2 Å². The molecule has 1 unspecified atom stereocenters. The van der Waals surface area contributed by atoms with Gasteiger partial charge in [0.05, 0.1) is 14.2 Å². The molecule has 0 aliphatic rings. The second kappa shape index (κ2) is 9.11. The summed E-state index contributed by atoms with van der Waals surface area (Å²) in [6.45, 7) is 0. The Morgan fingerprint density at radius 3 is 1.92 bits per heavy atom. The number of benzene rings is 3. The molecule has 26 heavy (non-hydrogen) atoms. The summed E-state index contributed by atoms with van der Waals surface area (Å²) < 4.78 is 10.5. The Kier molecular flexibility index (Phi) is 6.34. The number of nitrogens with zero attached hydrogens (tertiary/aromatic N) is 1. The molecular weight excluding hydrogens is 342 g/mol. The minimum absolute atomic E-state index is 0.0367. The summed E-state index contributed by atoms with van der Waals surface area (Å²) in [6.07, 6.45) is 1.91. The lowest BCUT2D eigenvalue weighted by Gasteiger charge is -2.13. The van der Waals surface area contributed by atoms with Crippen LogP contribution in [0.1, 0.15) is 16.5 Å². The molecular formula is C22H21NO2S. The molecule has 132 valence electrons. The Morgan fingerprint density at radius 2 is 1.35 bits per heavy atom. The van der Waals surface area contributed by atoms with Gasteiger partial charge in [0.15, 0.2) is 0 Å². The molecule has 0 aliphatic heterocycles. The van der Waals surface area contributed by atoms with Crippen LogP contribution in [0.5, 0.6) is 11.5 Å².